The molecule has 0 spiro atoms. The van der Waals surface area contributed by atoms with Gasteiger partial charge in [-0.05, 0) is 43.2 Å². The first-order chi connectivity index (χ1) is 12.6. The number of hydrogen-bond acceptors (Lipinski definition) is 3. The lowest BCUT2D eigenvalue weighted by atomic mass is 9.95. The van der Waals surface area contributed by atoms with Gasteiger partial charge in [0.2, 0.25) is 5.91 Å². The third kappa shape index (κ3) is 4.15. The van der Waals surface area contributed by atoms with E-state index in [0.717, 1.165) is 41.8 Å². The zero-order valence-electron chi connectivity index (χ0n) is 15.5. The van der Waals surface area contributed by atoms with E-state index >= 15 is 0 Å². The second-order valence-electron chi connectivity index (χ2n) is 6.89. The van der Waals surface area contributed by atoms with Crippen LogP contribution in [0.5, 0.6) is 0 Å². The molecule has 1 N–H and O–H groups in total. The van der Waals surface area contributed by atoms with E-state index in [2.05, 4.69) is 36.5 Å². The van der Waals surface area contributed by atoms with Crippen molar-refractivity contribution in [2.75, 3.05) is 19.6 Å². The average molecular weight is 371 g/mol. The van der Waals surface area contributed by atoms with E-state index in [-0.39, 0.29) is 17.7 Å². The monoisotopic (exact) mass is 370 g/mol. The van der Waals surface area contributed by atoms with E-state index in [1.54, 1.807) is 0 Å². The van der Waals surface area contributed by atoms with Gasteiger partial charge in [-0.1, -0.05) is 36.8 Å². The predicted octanol–water partition coefficient (Wildman–Crippen LogP) is 4.10. The summed E-state index contributed by atoms with van der Waals surface area (Å²) in [6.07, 6.45) is 2.43. The predicted molar refractivity (Wildman–Crippen MR) is 106 cm³/mol. The van der Waals surface area contributed by atoms with Gasteiger partial charge in [-0.25, -0.2) is 0 Å². The Morgan fingerprint density at radius 1 is 1.15 bits per heavy atom. The van der Waals surface area contributed by atoms with E-state index in [0.29, 0.717) is 13.1 Å². The molecule has 1 aliphatic rings. The normalized spacial score (nSPS) is 15.1. The largest absolute Gasteiger partial charge is 0.356 e. The summed E-state index contributed by atoms with van der Waals surface area (Å²) in [4.78, 5) is 27.8. The highest BCUT2D eigenvalue weighted by molar-refractivity contribution is 7.12. The van der Waals surface area contributed by atoms with Gasteiger partial charge in [0.15, 0.2) is 0 Å². The highest BCUT2D eigenvalue weighted by atomic mass is 32.1. The molecule has 0 saturated carbocycles. The quantitative estimate of drug-likeness (QED) is 0.861. The number of rotatable bonds is 5. The molecule has 0 unspecified atom stereocenters. The number of thiophene rings is 1. The second kappa shape index (κ2) is 8.49. The number of carbonyl (C=O) groups is 2. The fourth-order valence-corrected chi connectivity index (χ4v) is 4.20. The Balaban J connectivity index is 1.66. The van der Waals surface area contributed by atoms with Crippen molar-refractivity contribution in [1.29, 1.82) is 0 Å². The van der Waals surface area contributed by atoms with Crippen LogP contribution >= 0.6 is 11.3 Å². The summed E-state index contributed by atoms with van der Waals surface area (Å²) in [7, 11) is 0. The summed E-state index contributed by atoms with van der Waals surface area (Å²) in [5.74, 6) is 0.254. The first-order valence-corrected chi connectivity index (χ1v) is 10.2. The van der Waals surface area contributed by atoms with Crippen LogP contribution in [0.1, 0.15) is 41.4 Å². The summed E-state index contributed by atoms with van der Waals surface area (Å²) in [5, 5.41) is 4.95. The van der Waals surface area contributed by atoms with Gasteiger partial charge in [0.1, 0.15) is 0 Å². The molecule has 1 saturated heterocycles. The number of aryl methyl sites for hydroxylation is 1. The lowest BCUT2D eigenvalue weighted by Gasteiger charge is -2.31. The van der Waals surface area contributed by atoms with Crippen molar-refractivity contribution in [2.24, 2.45) is 5.92 Å². The van der Waals surface area contributed by atoms with Gasteiger partial charge < -0.3 is 10.2 Å². The highest BCUT2D eigenvalue weighted by Crippen LogP contribution is 2.31. The van der Waals surface area contributed by atoms with Crippen LogP contribution in [0.2, 0.25) is 0 Å². The standard InChI is InChI=1S/C21H26N2O2S/c1-3-11-22-20(24)17-8-12-23(13-9-17)21(25)19-18(10-14-26-19)16-6-4-15(2)5-7-16/h4-7,10,14,17H,3,8-9,11-13H2,1-2H3,(H,22,24). The fourth-order valence-electron chi connectivity index (χ4n) is 3.32. The number of nitrogens with zero attached hydrogens (tertiary/aromatic N) is 1. The van der Waals surface area contributed by atoms with Crippen LogP contribution in [0.25, 0.3) is 11.1 Å². The van der Waals surface area contributed by atoms with E-state index < -0.39 is 0 Å². The van der Waals surface area contributed by atoms with Crippen LogP contribution in [0, 0.1) is 12.8 Å². The minimum absolute atomic E-state index is 0.0329. The molecule has 0 radical (unpaired) electrons. The van der Waals surface area contributed by atoms with Crippen molar-refractivity contribution in [1.82, 2.24) is 10.2 Å². The van der Waals surface area contributed by atoms with Gasteiger partial charge >= 0.3 is 0 Å². The molecule has 4 nitrogen and oxygen atoms in total. The molecule has 1 aliphatic heterocycles. The molecule has 0 aliphatic carbocycles. The molecule has 2 amide bonds. The molecular formula is C21H26N2O2S. The summed E-state index contributed by atoms with van der Waals surface area (Å²) < 4.78 is 0. The molecule has 3 rings (SSSR count). The van der Waals surface area contributed by atoms with Gasteiger partial charge in [0, 0.05) is 31.1 Å². The summed E-state index contributed by atoms with van der Waals surface area (Å²) in [5.41, 5.74) is 3.29. The maximum Gasteiger partial charge on any atom is 0.264 e. The van der Waals surface area contributed by atoms with Crippen molar-refractivity contribution in [3.05, 3.63) is 46.2 Å². The zero-order valence-corrected chi connectivity index (χ0v) is 16.3. The molecule has 5 heteroatoms. The molecule has 1 fully saturated rings. The number of nitrogens with one attached hydrogen (secondary N) is 1. The summed E-state index contributed by atoms with van der Waals surface area (Å²) >= 11 is 1.50. The number of carbonyl (C=O) groups excluding carboxylic acids is 2. The maximum atomic E-state index is 13.0. The Morgan fingerprint density at radius 3 is 2.50 bits per heavy atom. The third-order valence-electron chi connectivity index (χ3n) is 4.92. The number of piperidine rings is 1. The zero-order chi connectivity index (χ0) is 18.5. The third-order valence-corrected chi connectivity index (χ3v) is 5.83. The van der Waals surface area contributed by atoms with Crippen molar-refractivity contribution in [2.45, 2.75) is 33.1 Å². The Bertz CT molecular complexity index is 759. The van der Waals surface area contributed by atoms with Gasteiger partial charge in [-0.3, -0.25) is 9.59 Å². The van der Waals surface area contributed by atoms with Crippen LogP contribution in [-0.2, 0) is 4.79 Å². The van der Waals surface area contributed by atoms with E-state index in [4.69, 9.17) is 0 Å². The Morgan fingerprint density at radius 2 is 1.85 bits per heavy atom. The van der Waals surface area contributed by atoms with Crippen LogP contribution < -0.4 is 5.32 Å². The molecule has 138 valence electrons. The molecular weight excluding hydrogens is 344 g/mol. The Labute approximate surface area is 159 Å². The van der Waals surface area contributed by atoms with Crippen molar-refractivity contribution < 1.29 is 9.59 Å². The summed E-state index contributed by atoms with van der Waals surface area (Å²) in [6.45, 7) is 6.13. The Hall–Kier alpha value is -2.14. The molecule has 1 aromatic heterocycles. The van der Waals surface area contributed by atoms with Crippen LogP contribution in [0.3, 0.4) is 0 Å². The number of hydrogen-bond donors (Lipinski definition) is 1. The average Bonchev–Trinajstić information content (AvgIpc) is 3.16. The van der Waals surface area contributed by atoms with Gasteiger partial charge in [-0.2, -0.15) is 0 Å². The molecule has 0 atom stereocenters. The van der Waals surface area contributed by atoms with Crippen LogP contribution in [0.15, 0.2) is 35.7 Å². The molecule has 2 heterocycles. The molecule has 1 aromatic carbocycles. The lowest BCUT2D eigenvalue weighted by Crippen LogP contribution is -2.43. The minimum atomic E-state index is 0.0329. The smallest absolute Gasteiger partial charge is 0.264 e. The Kier molecular flexibility index (Phi) is 6.09. The van der Waals surface area contributed by atoms with Crippen molar-refractivity contribution in [3.8, 4) is 11.1 Å². The van der Waals surface area contributed by atoms with Gasteiger partial charge in [0.25, 0.3) is 5.91 Å². The van der Waals surface area contributed by atoms with E-state index in [1.165, 1.54) is 16.9 Å². The topological polar surface area (TPSA) is 49.4 Å². The fraction of sp³-hybridized carbons (Fsp3) is 0.429. The number of benzene rings is 1. The molecule has 26 heavy (non-hydrogen) atoms. The van der Waals surface area contributed by atoms with Crippen molar-refractivity contribution >= 4 is 23.2 Å². The maximum absolute atomic E-state index is 13.0. The lowest BCUT2D eigenvalue weighted by molar-refractivity contribution is -0.126. The van der Waals surface area contributed by atoms with E-state index in [9.17, 15) is 9.59 Å². The molecule has 0 bridgehead atoms. The minimum Gasteiger partial charge on any atom is -0.356 e. The highest BCUT2D eigenvalue weighted by Gasteiger charge is 2.29. The number of amides is 2. The van der Waals surface area contributed by atoms with Crippen LogP contribution in [-0.4, -0.2) is 36.3 Å². The molecule has 2 aromatic rings. The first kappa shape index (κ1) is 18.6. The second-order valence-corrected chi connectivity index (χ2v) is 7.80. The first-order valence-electron chi connectivity index (χ1n) is 9.31. The SMILES string of the molecule is CCCNC(=O)C1CCN(C(=O)c2sccc2-c2ccc(C)cc2)CC1. The van der Waals surface area contributed by atoms with Gasteiger partial charge in [-0.15, -0.1) is 11.3 Å². The van der Waals surface area contributed by atoms with Crippen molar-refractivity contribution in [3.63, 3.8) is 0 Å². The number of likely N-dealkylation sites (tertiary alicyclic amines) is 1. The van der Waals surface area contributed by atoms with Crippen LogP contribution in [0.4, 0.5) is 0 Å². The van der Waals surface area contributed by atoms with E-state index in [1.807, 2.05) is 23.3 Å². The van der Waals surface area contributed by atoms with Gasteiger partial charge in [0.05, 0.1) is 4.88 Å². The summed E-state index contributed by atoms with van der Waals surface area (Å²) in [6, 6.07) is 10.3.